The molecule has 138 valence electrons. The number of allylic oxidation sites excluding steroid dienone is 1. The molecule has 2 aliphatic rings. The van der Waals surface area contributed by atoms with Gasteiger partial charge in [0.1, 0.15) is 0 Å². The van der Waals surface area contributed by atoms with Gasteiger partial charge in [0, 0.05) is 40.9 Å². The van der Waals surface area contributed by atoms with E-state index >= 15 is 0 Å². The highest BCUT2D eigenvalue weighted by Gasteiger charge is 2.25. The maximum atomic E-state index is 12.1. The lowest BCUT2D eigenvalue weighted by Crippen LogP contribution is -2.46. The summed E-state index contributed by atoms with van der Waals surface area (Å²) in [6, 6.07) is 0.408. The molecular formula is C19H35N3OS. The first-order valence-electron chi connectivity index (χ1n) is 9.82. The van der Waals surface area contributed by atoms with Crippen molar-refractivity contribution in [2.75, 3.05) is 18.8 Å². The van der Waals surface area contributed by atoms with E-state index in [1.807, 2.05) is 6.92 Å². The Morgan fingerprint density at radius 2 is 2.17 bits per heavy atom. The highest BCUT2D eigenvalue weighted by atomic mass is 32.2. The van der Waals surface area contributed by atoms with E-state index in [-0.39, 0.29) is 0 Å². The van der Waals surface area contributed by atoms with Gasteiger partial charge in [-0.05, 0) is 58.3 Å². The molecule has 0 amide bonds. The summed E-state index contributed by atoms with van der Waals surface area (Å²) in [7, 11) is -0.669. The Balaban J connectivity index is 1.83. The lowest BCUT2D eigenvalue weighted by molar-refractivity contribution is 0.413. The van der Waals surface area contributed by atoms with Gasteiger partial charge in [-0.15, -0.1) is 0 Å². The van der Waals surface area contributed by atoms with Crippen LogP contribution in [0, 0.1) is 0 Å². The summed E-state index contributed by atoms with van der Waals surface area (Å²) in [5, 5.41) is 7.32. The fourth-order valence-corrected chi connectivity index (χ4v) is 5.05. The molecule has 2 N–H and O–H groups in total. The Hall–Kier alpha value is -0.840. The average Bonchev–Trinajstić information content (AvgIpc) is 2.62. The maximum absolute atomic E-state index is 12.1. The predicted molar refractivity (Wildman–Crippen MR) is 105 cm³/mol. The lowest BCUT2D eigenvalue weighted by atomic mass is 9.95. The number of nitrogens with one attached hydrogen (secondary N) is 2. The van der Waals surface area contributed by atoms with Gasteiger partial charge in [0.2, 0.25) is 0 Å². The molecule has 1 saturated carbocycles. The van der Waals surface area contributed by atoms with Gasteiger partial charge in [0.15, 0.2) is 5.96 Å². The van der Waals surface area contributed by atoms with Crippen molar-refractivity contribution in [2.24, 2.45) is 4.99 Å². The molecule has 0 spiro atoms. The summed E-state index contributed by atoms with van der Waals surface area (Å²) in [5.74, 6) is 1.71. The Bertz CT molecular complexity index is 462. The van der Waals surface area contributed by atoms with Gasteiger partial charge in [0.05, 0.1) is 0 Å². The van der Waals surface area contributed by atoms with Crippen molar-refractivity contribution >= 4 is 16.8 Å². The van der Waals surface area contributed by atoms with E-state index in [0.29, 0.717) is 11.3 Å². The van der Waals surface area contributed by atoms with Crippen LogP contribution in [0.2, 0.25) is 0 Å². The maximum Gasteiger partial charge on any atom is 0.191 e. The molecule has 5 heteroatoms. The van der Waals surface area contributed by atoms with E-state index in [1.54, 1.807) is 5.57 Å². The van der Waals surface area contributed by atoms with Crippen LogP contribution in [0.25, 0.3) is 0 Å². The number of guanidine groups is 1. The van der Waals surface area contributed by atoms with Crippen molar-refractivity contribution in [1.29, 1.82) is 0 Å². The van der Waals surface area contributed by atoms with Crippen LogP contribution in [-0.2, 0) is 10.8 Å². The molecule has 2 rings (SSSR count). The number of hydrogen-bond acceptors (Lipinski definition) is 2. The number of nitrogens with zero attached hydrogens (tertiary/aromatic N) is 1. The van der Waals surface area contributed by atoms with Crippen LogP contribution >= 0.6 is 0 Å². The van der Waals surface area contributed by atoms with Crippen LogP contribution in [0.1, 0.15) is 71.6 Å². The third kappa shape index (κ3) is 6.58. The Morgan fingerprint density at radius 1 is 1.29 bits per heavy atom. The van der Waals surface area contributed by atoms with E-state index in [0.717, 1.165) is 50.5 Å². The van der Waals surface area contributed by atoms with Crippen molar-refractivity contribution in [1.82, 2.24) is 10.6 Å². The summed E-state index contributed by atoms with van der Waals surface area (Å²) < 4.78 is 12.1. The largest absolute Gasteiger partial charge is 0.357 e. The molecule has 3 atom stereocenters. The quantitative estimate of drug-likeness (QED) is 0.418. The third-order valence-electron chi connectivity index (χ3n) is 5.06. The minimum atomic E-state index is -0.669. The van der Waals surface area contributed by atoms with Gasteiger partial charge in [-0.1, -0.05) is 25.0 Å². The molecule has 0 heterocycles. The third-order valence-corrected chi connectivity index (χ3v) is 6.80. The van der Waals surface area contributed by atoms with Crippen LogP contribution in [-0.4, -0.2) is 40.3 Å². The van der Waals surface area contributed by atoms with Gasteiger partial charge in [-0.25, -0.2) is 0 Å². The number of rotatable bonds is 7. The molecule has 4 nitrogen and oxygen atoms in total. The molecule has 0 aromatic heterocycles. The van der Waals surface area contributed by atoms with Crippen LogP contribution in [0.4, 0.5) is 0 Å². The molecule has 1 fully saturated rings. The number of aliphatic imine (C=N–C) groups is 1. The second kappa shape index (κ2) is 10.9. The highest BCUT2D eigenvalue weighted by Crippen LogP contribution is 2.23. The fourth-order valence-electron chi connectivity index (χ4n) is 3.71. The Morgan fingerprint density at radius 3 is 2.88 bits per heavy atom. The van der Waals surface area contributed by atoms with Gasteiger partial charge in [0.25, 0.3) is 0 Å². The van der Waals surface area contributed by atoms with E-state index < -0.39 is 10.8 Å². The monoisotopic (exact) mass is 353 g/mol. The first kappa shape index (κ1) is 19.5. The van der Waals surface area contributed by atoms with Crippen LogP contribution in [0.15, 0.2) is 16.6 Å². The molecule has 0 aromatic rings. The molecule has 24 heavy (non-hydrogen) atoms. The normalized spacial score (nSPS) is 26.6. The highest BCUT2D eigenvalue weighted by molar-refractivity contribution is 7.85. The summed E-state index contributed by atoms with van der Waals surface area (Å²) >= 11 is 0. The van der Waals surface area contributed by atoms with Gasteiger partial charge in [-0.2, -0.15) is 0 Å². The second-order valence-corrected chi connectivity index (χ2v) is 8.92. The van der Waals surface area contributed by atoms with Crippen LogP contribution in [0.5, 0.6) is 0 Å². The van der Waals surface area contributed by atoms with Crippen LogP contribution < -0.4 is 10.6 Å². The minimum Gasteiger partial charge on any atom is -0.357 e. The van der Waals surface area contributed by atoms with Crippen molar-refractivity contribution in [3.05, 3.63) is 11.6 Å². The van der Waals surface area contributed by atoms with E-state index in [9.17, 15) is 4.21 Å². The van der Waals surface area contributed by atoms with Gasteiger partial charge >= 0.3 is 0 Å². The zero-order valence-electron chi connectivity index (χ0n) is 15.5. The standard InChI is InChI=1S/C19H35N3OS/c1-3-20-19(21-14-13-16-9-6-5-7-10-16)22-17-11-8-12-18(15-17)24(23)4-2/h9,17-18H,3-8,10-15H2,1-2H3,(H2,20,21,22). The second-order valence-electron chi connectivity index (χ2n) is 6.92. The zero-order valence-corrected chi connectivity index (χ0v) is 16.3. The lowest BCUT2D eigenvalue weighted by Gasteiger charge is -2.30. The van der Waals surface area contributed by atoms with E-state index in [1.165, 1.54) is 32.1 Å². The zero-order chi connectivity index (χ0) is 17.2. The molecular weight excluding hydrogens is 318 g/mol. The van der Waals surface area contributed by atoms with Crippen molar-refractivity contribution < 1.29 is 4.21 Å². The molecule has 3 unspecified atom stereocenters. The topological polar surface area (TPSA) is 53.5 Å². The molecule has 0 aliphatic heterocycles. The molecule has 0 saturated heterocycles. The molecule has 2 aliphatic carbocycles. The van der Waals surface area contributed by atoms with E-state index in [4.69, 9.17) is 4.99 Å². The summed E-state index contributed by atoms with van der Waals surface area (Å²) in [4.78, 5) is 4.77. The van der Waals surface area contributed by atoms with Gasteiger partial charge in [-0.3, -0.25) is 9.20 Å². The first-order chi connectivity index (χ1) is 11.7. The molecule has 0 radical (unpaired) electrons. The van der Waals surface area contributed by atoms with Crippen molar-refractivity contribution in [3.63, 3.8) is 0 Å². The predicted octanol–water partition coefficient (Wildman–Crippen LogP) is 3.51. The van der Waals surface area contributed by atoms with Crippen molar-refractivity contribution in [3.8, 4) is 0 Å². The fraction of sp³-hybridized carbons (Fsp3) is 0.842. The van der Waals surface area contributed by atoms with E-state index in [2.05, 4.69) is 23.6 Å². The smallest absolute Gasteiger partial charge is 0.191 e. The summed E-state index contributed by atoms with van der Waals surface area (Å²) in [6.07, 6.45) is 13.1. The molecule has 0 bridgehead atoms. The summed E-state index contributed by atoms with van der Waals surface area (Å²) in [5.41, 5.74) is 1.58. The Kier molecular flexibility index (Phi) is 8.86. The SMILES string of the molecule is CCNC(=NCCC1=CCCCC1)NC1CCCC(S(=O)CC)C1. The Labute approximate surface area is 150 Å². The van der Waals surface area contributed by atoms with Gasteiger partial charge < -0.3 is 10.6 Å². The summed E-state index contributed by atoms with van der Waals surface area (Å²) in [6.45, 7) is 5.87. The minimum absolute atomic E-state index is 0.358. The average molecular weight is 354 g/mol. The number of hydrogen-bond donors (Lipinski definition) is 2. The first-order valence-corrected chi connectivity index (χ1v) is 11.2. The molecule has 0 aromatic carbocycles. The van der Waals surface area contributed by atoms with Crippen molar-refractivity contribution in [2.45, 2.75) is 82.9 Å². The van der Waals surface area contributed by atoms with Crippen LogP contribution in [0.3, 0.4) is 0 Å².